The van der Waals surface area contributed by atoms with Crippen molar-refractivity contribution in [1.82, 2.24) is 4.98 Å². The minimum atomic E-state index is -0.249. The van der Waals surface area contributed by atoms with E-state index in [9.17, 15) is 4.79 Å². The van der Waals surface area contributed by atoms with Crippen molar-refractivity contribution in [3.8, 4) is 0 Å². The first-order valence-electron chi connectivity index (χ1n) is 8.35. The highest BCUT2D eigenvalue weighted by molar-refractivity contribution is 6.30. The van der Waals surface area contributed by atoms with E-state index in [2.05, 4.69) is 34.7 Å². The van der Waals surface area contributed by atoms with Gasteiger partial charge in [0, 0.05) is 17.3 Å². The normalized spacial score (nSPS) is 10.4. The molecule has 1 heterocycles. The number of halogens is 1. The molecular weight excluding hydrogens is 346 g/mol. The fourth-order valence-electron chi connectivity index (χ4n) is 2.59. The number of anilines is 2. The van der Waals surface area contributed by atoms with Crippen LogP contribution in [0.2, 0.25) is 5.02 Å². The molecule has 26 heavy (non-hydrogen) atoms. The van der Waals surface area contributed by atoms with Crippen molar-refractivity contribution >= 4 is 28.9 Å². The number of pyridine rings is 1. The quantitative estimate of drug-likeness (QED) is 0.652. The molecule has 0 aliphatic rings. The first-order chi connectivity index (χ1) is 12.5. The Morgan fingerprint density at radius 3 is 2.54 bits per heavy atom. The van der Waals surface area contributed by atoms with Crippen molar-refractivity contribution in [2.45, 2.75) is 20.4 Å². The lowest BCUT2D eigenvalue weighted by Crippen LogP contribution is -2.14. The van der Waals surface area contributed by atoms with E-state index >= 15 is 0 Å². The van der Waals surface area contributed by atoms with E-state index < -0.39 is 0 Å². The average molecular weight is 366 g/mol. The van der Waals surface area contributed by atoms with Gasteiger partial charge in [-0.2, -0.15) is 0 Å². The summed E-state index contributed by atoms with van der Waals surface area (Å²) in [5.41, 5.74) is 5.33. The lowest BCUT2D eigenvalue weighted by atomic mass is 10.1. The third-order valence-corrected chi connectivity index (χ3v) is 4.41. The highest BCUT2D eigenvalue weighted by Crippen LogP contribution is 2.20. The number of hydrogen-bond acceptors (Lipinski definition) is 3. The molecule has 0 aliphatic heterocycles. The molecule has 4 nitrogen and oxygen atoms in total. The van der Waals surface area contributed by atoms with Crippen molar-refractivity contribution in [3.63, 3.8) is 0 Å². The number of rotatable bonds is 5. The molecular formula is C21H20ClN3O. The number of nitrogens with zero attached hydrogens (tertiary/aromatic N) is 1. The maximum atomic E-state index is 12.4. The van der Waals surface area contributed by atoms with Gasteiger partial charge in [-0.25, -0.2) is 4.98 Å². The maximum Gasteiger partial charge on any atom is 0.274 e. The first kappa shape index (κ1) is 18.0. The highest BCUT2D eigenvalue weighted by atomic mass is 35.5. The van der Waals surface area contributed by atoms with E-state index in [1.807, 2.05) is 31.2 Å². The molecule has 0 bridgehead atoms. The Morgan fingerprint density at radius 2 is 1.85 bits per heavy atom. The SMILES string of the molecule is Cc1ccccc1CNc1ccc(C(=O)Nc2ccc(Cl)cc2C)nc1. The van der Waals surface area contributed by atoms with Crippen LogP contribution in [0, 0.1) is 13.8 Å². The molecule has 1 aromatic heterocycles. The smallest absolute Gasteiger partial charge is 0.274 e. The van der Waals surface area contributed by atoms with Crippen molar-refractivity contribution in [1.29, 1.82) is 0 Å². The van der Waals surface area contributed by atoms with E-state index in [4.69, 9.17) is 11.6 Å². The predicted octanol–water partition coefficient (Wildman–Crippen LogP) is 5.22. The molecule has 0 fully saturated rings. The summed E-state index contributed by atoms with van der Waals surface area (Å²) in [6.07, 6.45) is 1.67. The van der Waals surface area contributed by atoms with Gasteiger partial charge >= 0.3 is 0 Å². The Morgan fingerprint density at radius 1 is 1.04 bits per heavy atom. The maximum absolute atomic E-state index is 12.4. The first-order valence-corrected chi connectivity index (χ1v) is 8.72. The van der Waals surface area contributed by atoms with E-state index in [1.165, 1.54) is 11.1 Å². The van der Waals surface area contributed by atoms with Gasteiger partial charge < -0.3 is 10.6 Å². The number of benzene rings is 2. The second kappa shape index (κ2) is 8.02. The number of carbonyl (C=O) groups excluding carboxylic acids is 1. The van der Waals surface area contributed by atoms with Crippen molar-refractivity contribution in [2.75, 3.05) is 10.6 Å². The van der Waals surface area contributed by atoms with Gasteiger partial charge in [0.1, 0.15) is 5.69 Å². The molecule has 5 heteroatoms. The summed E-state index contributed by atoms with van der Waals surface area (Å²) in [7, 11) is 0. The zero-order valence-corrected chi connectivity index (χ0v) is 15.5. The van der Waals surface area contributed by atoms with E-state index in [0.717, 1.165) is 16.9 Å². The molecule has 132 valence electrons. The van der Waals surface area contributed by atoms with Crippen molar-refractivity contribution in [3.05, 3.63) is 88.2 Å². The molecule has 0 aliphatic carbocycles. The summed E-state index contributed by atoms with van der Waals surface area (Å²) >= 11 is 5.94. The van der Waals surface area contributed by atoms with Gasteiger partial charge in [0.15, 0.2) is 0 Å². The molecule has 0 saturated carbocycles. The molecule has 0 radical (unpaired) electrons. The molecule has 0 atom stereocenters. The number of nitrogens with one attached hydrogen (secondary N) is 2. The largest absolute Gasteiger partial charge is 0.380 e. The van der Waals surface area contributed by atoms with Crippen LogP contribution in [-0.2, 0) is 6.54 Å². The van der Waals surface area contributed by atoms with Crippen molar-refractivity contribution < 1.29 is 4.79 Å². The van der Waals surface area contributed by atoms with Crippen LogP contribution in [0.15, 0.2) is 60.8 Å². The molecule has 2 aromatic carbocycles. The second-order valence-electron chi connectivity index (χ2n) is 6.13. The monoisotopic (exact) mass is 365 g/mol. The molecule has 3 rings (SSSR count). The van der Waals surface area contributed by atoms with Crippen LogP contribution in [0.25, 0.3) is 0 Å². The fraction of sp³-hybridized carbons (Fsp3) is 0.143. The summed E-state index contributed by atoms with van der Waals surface area (Å²) in [6.45, 7) is 4.69. The van der Waals surface area contributed by atoms with Gasteiger partial charge in [-0.15, -0.1) is 0 Å². The van der Waals surface area contributed by atoms with Gasteiger partial charge in [0.25, 0.3) is 5.91 Å². The predicted molar refractivity (Wildman–Crippen MR) is 107 cm³/mol. The van der Waals surface area contributed by atoms with Gasteiger partial charge in [0.05, 0.1) is 11.9 Å². The zero-order valence-electron chi connectivity index (χ0n) is 14.7. The number of carbonyl (C=O) groups is 1. The third kappa shape index (κ3) is 4.41. The summed E-state index contributed by atoms with van der Waals surface area (Å²) < 4.78 is 0. The summed E-state index contributed by atoms with van der Waals surface area (Å²) in [6, 6.07) is 17.1. The molecule has 1 amide bonds. The lowest BCUT2D eigenvalue weighted by Gasteiger charge is -2.10. The third-order valence-electron chi connectivity index (χ3n) is 4.18. The van der Waals surface area contributed by atoms with Crippen LogP contribution in [0.1, 0.15) is 27.2 Å². The summed E-state index contributed by atoms with van der Waals surface area (Å²) in [5.74, 6) is -0.249. The Labute approximate surface area is 158 Å². The molecule has 0 unspecified atom stereocenters. The summed E-state index contributed by atoms with van der Waals surface area (Å²) in [4.78, 5) is 16.6. The molecule has 0 spiro atoms. The van der Waals surface area contributed by atoms with E-state index in [0.29, 0.717) is 17.3 Å². The van der Waals surface area contributed by atoms with Gasteiger partial charge in [0.2, 0.25) is 0 Å². The van der Waals surface area contributed by atoms with Crippen LogP contribution < -0.4 is 10.6 Å². The van der Waals surface area contributed by atoms with Crippen LogP contribution in [0.3, 0.4) is 0 Å². The Kier molecular flexibility index (Phi) is 5.54. The van der Waals surface area contributed by atoms with Gasteiger partial charge in [-0.3, -0.25) is 4.79 Å². The minimum Gasteiger partial charge on any atom is -0.380 e. The second-order valence-corrected chi connectivity index (χ2v) is 6.56. The highest BCUT2D eigenvalue weighted by Gasteiger charge is 2.09. The van der Waals surface area contributed by atoms with Crippen LogP contribution in [-0.4, -0.2) is 10.9 Å². The Hall–Kier alpha value is -2.85. The Balaban J connectivity index is 1.63. The zero-order chi connectivity index (χ0) is 18.5. The number of amides is 1. The van der Waals surface area contributed by atoms with Crippen molar-refractivity contribution in [2.24, 2.45) is 0 Å². The topological polar surface area (TPSA) is 54.0 Å². The van der Waals surface area contributed by atoms with Crippen LogP contribution in [0.4, 0.5) is 11.4 Å². The molecule has 0 saturated heterocycles. The van der Waals surface area contributed by atoms with Gasteiger partial charge in [-0.1, -0.05) is 35.9 Å². The minimum absolute atomic E-state index is 0.249. The number of aryl methyl sites for hydroxylation is 2. The van der Waals surface area contributed by atoms with E-state index in [-0.39, 0.29) is 5.91 Å². The summed E-state index contributed by atoms with van der Waals surface area (Å²) in [5, 5.41) is 6.82. The lowest BCUT2D eigenvalue weighted by molar-refractivity contribution is 0.102. The fourth-order valence-corrected chi connectivity index (χ4v) is 2.82. The van der Waals surface area contributed by atoms with E-state index in [1.54, 1.807) is 24.4 Å². The molecule has 3 aromatic rings. The standard InChI is InChI=1S/C21H20ClN3O/c1-14-5-3-4-6-16(14)12-23-18-8-10-20(24-13-18)21(26)25-19-9-7-17(22)11-15(19)2/h3-11,13,23H,12H2,1-2H3,(H,25,26). The number of aromatic nitrogens is 1. The average Bonchev–Trinajstić information content (AvgIpc) is 2.64. The van der Waals surface area contributed by atoms with Crippen LogP contribution >= 0.6 is 11.6 Å². The molecule has 2 N–H and O–H groups in total. The number of hydrogen-bond donors (Lipinski definition) is 2. The Bertz CT molecular complexity index is 923. The van der Waals surface area contributed by atoms with Crippen LogP contribution in [0.5, 0.6) is 0 Å². The van der Waals surface area contributed by atoms with Gasteiger partial charge in [-0.05, 0) is 60.9 Å².